The van der Waals surface area contributed by atoms with E-state index in [1.807, 2.05) is 66.7 Å². The van der Waals surface area contributed by atoms with E-state index in [4.69, 9.17) is 4.42 Å². The number of rotatable bonds is 4. The van der Waals surface area contributed by atoms with Gasteiger partial charge < -0.3 is 9.52 Å². The minimum Gasteiger partial charge on any atom is -0.507 e. The number of hydrogen-bond acceptors (Lipinski definition) is 4. The minimum atomic E-state index is -0.522. The molecule has 0 saturated carbocycles. The van der Waals surface area contributed by atoms with Gasteiger partial charge in [-0.1, -0.05) is 54.6 Å². The average Bonchev–Trinajstić information content (AvgIpc) is 2.67. The molecule has 4 heteroatoms. The summed E-state index contributed by atoms with van der Waals surface area (Å²) in [6.45, 7) is 0. The number of benzene rings is 3. The molecule has 4 aromatic rings. The molecule has 1 unspecified atom stereocenters. The van der Waals surface area contributed by atoms with Gasteiger partial charge in [-0.05, 0) is 34.5 Å². The summed E-state index contributed by atoms with van der Waals surface area (Å²) >= 11 is 1.51. The third-order valence-corrected chi connectivity index (χ3v) is 5.52. The molecule has 4 rings (SSSR count). The summed E-state index contributed by atoms with van der Waals surface area (Å²) < 4.78 is 5.04. The van der Waals surface area contributed by atoms with E-state index in [1.165, 1.54) is 24.1 Å². The van der Waals surface area contributed by atoms with Gasteiger partial charge in [0.2, 0.25) is 0 Å². The second kappa shape index (κ2) is 7.10. The predicted molar refractivity (Wildman–Crippen MR) is 105 cm³/mol. The van der Waals surface area contributed by atoms with Gasteiger partial charge in [0, 0.05) is 11.0 Å². The first-order valence-corrected chi connectivity index (χ1v) is 9.11. The lowest BCUT2D eigenvalue weighted by molar-refractivity contribution is 0.436. The molecule has 0 radical (unpaired) electrons. The molecular formula is C22H16O3S. The van der Waals surface area contributed by atoms with Crippen molar-refractivity contribution in [1.29, 1.82) is 0 Å². The molecule has 0 bridgehead atoms. The topological polar surface area (TPSA) is 50.4 Å². The largest absolute Gasteiger partial charge is 0.507 e. The van der Waals surface area contributed by atoms with Crippen molar-refractivity contribution in [3.63, 3.8) is 0 Å². The summed E-state index contributed by atoms with van der Waals surface area (Å²) in [5, 5.41) is 12.2. The van der Waals surface area contributed by atoms with E-state index in [9.17, 15) is 9.90 Å². The fourth-order valence-corrected chi connectivity index (χ4v) is 4.16. The quantitative estimate of drug-likeness (QED) is 0.496. The Kier molecular flexibility index (Phi) is 4.50. The summed E-state index contributed by atoms with van der Waals surface area (Å²) in [5.41, 5.74) is 0.676. The molecule has 0 saturated heterocycles. The van der Waals surface area contributed by atoms with Crippen molar-refractivity contribution in [2.75, 3.05) is 0 Å². The van der Waals surface area contributed by atoms with Crippen molar-refractivity contribution < 1.29 is 9.52 Å². The second-order valence-corrected chi connectivity index (χ2v) is 7.10. The van der Waals surface area contributed by atoms with Crippen LogP contribution in [0.2, 0.25) is 0 Å². The van der Waals surface area contributed by atoms with Crippen LogP contribution >= 0.6 is 11.8 Å². The summed E-state index contributed by atoms with van der Waals surface area (Å²) in [6, 6.07) is 25.4. The first-order chi connectivity index (χ1) is 12.7. The number of aromatic hydroxyl groups is 1. The fourth-order valence-electron chi connectivity index (χ4n) is 2.96. The Morgan fingerprint density at radius 1 is 0.846 bits per heavy atom. The molecule has 128 valence electrons. The van der Waals surface area contributed by atoms with Crippen molar-refractivity contribution in [2.45, 2.75) is 10.1 Å². The van der Waals surface area contributed by atoms with Gasteiger partial charge in [0.15, 0.2) is 0 Å². The van der Waals surface area contributed by atoms with E-state index >= 15 is 0 Å². The maximum absolute atomic E-state index is 12.4. The van der Waals surface area contributed by atoms with Crippen LogP contribution < -0.4 is 5.63 Å². The van der Waals surface area contributed by atoms with E-state index in [-0.39, 0.29) is 16.6 Å². The molecule has 1 heterocycles. The van der Waals surface area contributed by atoms with Crippen LogP contribution in [0.5, 0.6) is 5.75 Å². The maximum Gasteiger partial charge on any atom is 0.344 e. The zero-order chi connectivity index (χ0) is 17.9. The van der Waals surface area contributed by atoms with Crippen molar-refractivity contribution in [2.24, 2.45) is 0 Å². The third kappa shape index (κ3) is 3.24. The van der Waals surface area contributed by atoms with Crippen LogP contribution in [0.15, 0.2) is 99.2 Å². The number of hydrogen-bond donors (Lipinski definition) is 1. The summed E-state index contributed by atoms with van der Waals surface area (Å²) in [5.74, 6) is -0.0529. The molecule has 0 aliphatic heterocycles. The second-order valence-electron chi connectivity index (χ2n) is 5.92. The summed E-state index contributed by atoms with van der Waals surface area (Å²) in [7, 11) is 0. The molecule has 0 fully saturated rings. The van der Waals surface area contributed by atoms with Crippen LogP contribution in [0.3, 0.4) is 0 Å². The highest BCUT2D eigenvalue weighted by Gasteiger charge is 2.24. The van der Waals surface area contributed by atoms with Crippen molar-refractivity contribution in [3.05, 3.63) is 107 Å². The molecule has 1 N–H and O–H groups in total. The first-order valence-electron chi connectivity index (χ1n) is 8.23. The molecule has 1 aromatic heterocycles. The summed E-state index contributed by atoms with van der Waals surface area (Å²) in [6.07, 6.45) is 1.21. The van der Waals surface area contributed by atoms with Gasteiger partial charge in [0.1, 0.15) is 5.75 Å². The van der Waals surface area contributed by atoms with E-state index in [0.717, 1.165) is 21.2 Å². The van der Waals surface area contributed by atoms with Crippen molar-refractivity contribution in [1.82, 2.24) is 0 Å². The SMILES string of the molecule is O=c1occc(O)c1C(Sc1ccccc1)c1ccc2ccccc2c1. The predicted octanol–water partition coefficient (Wildman–Crippen LogP) is 5.38. The molecule has 0 aliphatic rings. The van der Waals surface area contributed by atoms with Gasteiger partial charge in [-0.15, -0.1) is 11.8 Å². The Bertz CT molecular complexity index is 1100. The normalized spacial score (nSPS) is 12.2. The maximum atomic E-state index is 12.4. The highest BCUT2D eigenvalue weighted by Crippen LogP contribution is 2.42. The Hall–Kier alpha value is -2.98. The lowest BCUT2D eigenvalue weighted by atomic mass is 10.0. The molecule has 0 amide bonds. The Labute approximate surface area is 154 Å². The highest BCUT2D eigenvalue weighted by molar-refractivity contribution is 7.99. The summed E-state index contributed by atoms with van der Waals surface area (Å²) in [4.78, 5) is 13.4. The molecule has 3 aromatic carbocycles. The highest BCUT2D eigenvalue weighted by atomic mass is 32.2. The lowest BCUT2D eigenvalue weighted by Crippen LogP contribution is -2.11. The van der Waals surface area contributed by atoms with Gasteiger partial charge in [-0.25, -0.2) is 4.79 Å². The van der Waals surface area contributed by atoms with Gasteiger partial charge in [0.25, 0.3) is 0 Å². The van der Waals surface area contributed by atoms with Gasteiger partial charge in [-0.3, -0.25) is 0 Å². The Morgan fingerprint density at radius 3 is 2.35 bits per heavy atom. The zero-order valence-corrected chi connectivity index (χ0v) is 14.6. The van der Waals surface area contributed by atoms with Gasteiger partial charge in [-0.2, -0.15) is 0 Å². The van der Waals surface area contributed by atoms with Crippen LogP contribution in [-0.4, -0.2) is 5.11 Å². The molecule has 3 nitrogen and oxygen atoms in total. The Morgan fingerprint density at radius 2 is 1.58 bits per heavy atom. The van der Waals surface area contributed by atoms with Crippen LogP contribution in [0.25, 0.3) is 10.8 Å². The van der Waals surface area contributed by atoms with Gasteiger partial charge in [0.05, 0.1) is 17.1 Å². The zero-order valence-electron chi connectivity index (χ0n) is 13.8. The average molecular weight is 360 g/mol. The smallest absolute Gasteiger partial charge is 0.344 e. The minimum absolute atomic E-state index is 0.0529. The molecule has 0 spiro atoms. The van der Waals surface area contributed by atoms with E-state index < -0.39 is 5.63 Å². The molecular weight excluding hydrogens is 344 g/mol. The first kappa shape index (κ1) is 16.5. The van der Waals surface area contributed by atoms with Crippen LogP contribution in [0.4, 0.5) is 0 Å². The van der Waals surface area contributed by atoms with E-state index in [2.05, 4.69) is 6.07 Å². The van der Waals surface area contributed by atoms with Crippen molar-refractivity contribution in [3.8, 4) is 5.75 Å². The standard InChI is InChI=1S/C22H16O3S/c23-19-12-13-25-22(24)20(19)21(26-18-8-2-1-3-9-18)17-11-10-15-6-4-5-7-16(15)14-17/h1-14,21,23H. The number of thioether (sulfide) groups is 1. The Balaban J connectivity index is 1.87. The monoisotopic (exact) mass is 360 g/mol. The fraction of sp³-hybridized carbons (Fsp3) is 0.0455. The van der Waals surface area contributed by atoms with Crippen molar-refractivity contribution >= 4 is 22.5 Å². The lowest BCUT2D eigenvalue weighted by Gasteiger charge is -2.18. The van der Waals surface area contributed by atoms with Crippen LogP contribution in [-0.2, 0) is 0 Å². The molecule has 0 aliphatic carbocycles. The van der Waals surface area contributed by atoms with Gasteiger partial charge >= 0.3 is 5.63 Å². The van der Waals surface area contributed by atoms with E-state index in [1.54, 1.807) is 0 Å². The van der Waals surface area contributed by atoms with Crippen LogP contribution in [0.1, 0.15) is 16.4 Å². The van der Waals surface area contributed by atoms with Crippen LogP contribution in [0, 0.1) is 0 Å². The molecule has 1 atom stereocenters. The third-order valence-electron chi connectivity index (χ3n) is 4.23. The van der Waals surface area contributed by atoms with E-state index in [0.29, 0.717) is 0 Å². The number of fused-ring (bicyclic) bond motifs is 1. The molecule has 26 heavy (non-hydrogen) atoms.